The van der Waals surface area contributed by atoms with Crippen molar-refractivity contribution in [2.75, 3.05) is 5.32 Å². The van der Waals surface area contributed by atoms with E-state index in [1.807, 2.05) is 20.8 Å². The van der Waals surface area contributed by atoms with Crippen molar-refractivity contribution in [1.82, 2.24) is 15.3 Å². The summed E-state index contributed by atoms with van der Waals surface area (Å²) in [5.74, 6) is 0. The first kappa shape index (κ1) is 24.1. The Morgan fingerprint density at radius 3 is 2.28 bits per heavy atom. The van der Waals surface area contributed by atoms with Crippen LogP contribution in [0, 0.1) is 0 Å². The van der Waals surface area contributed by atoms with Gasteiger partial charge in [-0.3, -0.25) is 4.98 Å². The van der Waals surface area contributed by atoms with Crippen molar-refractivity contribution in [3.05, 3.63) is 41.3 Å². The van der Waals surface area contributed by atoms with Crippen LogP contribution in [0.15, 0.2) is 30.6 Å². The Kier molecular flexibility index (Phi) is 7.17. The first-order chi connectivity index (χ1) is 14.9. The lowest BCUT2D eigenvalue weighted by Crippen LogP contribution is -2.42. The van der Waals surface area contributed by atoms with Crippen LogP contribution < -0.4 is 10.6 Å². The summed E-state index contributed by atoms with van der Waals surface area (Å²) in [5, 5.41) is 6.58. The van der Waals surface area contributed by atoms with Crippen LogP contribution in [-0.4, -0.2) is 33.7 Å². The number of ether oxygens (including phenoxy) is 1. The van der Waals surface area contributed by atoms with E-state index < -0.39 is 23.4 Å². The number of carbonyl (C=O) groups excluding carboxylic acids is 1. The Hall–Kier alpha value is -2.55. The molecule has 2 heterocycles. The first-order valence-corrected chi connectivity index (χ1v) is 10.7. The molecule has 3 rings (SSSR count). The highest BCUT2D eigenvalue weighted by molar-refractivity contribution is 6.29. The van der Waals surface area contributed by atoms with Crippen molar-refractivity contribution < 1.29 is 22.7 Å². The Balaban J connectivity index is 1.65. The summed E-state index contributed by atoms with van der Waals surface area (Å²) < 4.78 is 43.8. The second kappa shape index (κ2) is 9.52. The zero-order chi connectivity index (χ0) is 23.5. The Bertz CT molecular complexity index is 938. The summed E-state index contributed by atoms with van der Waals surface area (Å²) in [6, 6.07) is 4.09. The van der Waals surface area contributed by atoms with Crippen LogP contribution in [-0.2, 0) is 10.9 Å². The third-order valence-electron chi connectivity index (χ3n) is 5.05. The Morgan fingerprint density at radius 2 is 1.72 bits per heavy atom. The summed E-state index contributed by atoms with van der Waals surface area (Å²) in [6.07, 6.45) is 0.549. The number of nitrogens with one attached hydrogen (secondary N) is 2. The average molecular weight is 471 g/mol. The van der Waals surface area contributed by atoms with Gasteiger partial charge in [-0.1, -0.05) is 11.6 Å². The highest BCUT2D eigenvalue weighted by Crippen LogP contribution is 2.33. The van der Waals surface area contributed by atoms with Crippen molar-refractivity contribution in [2.45, 2.75) is 70.3 Å². The first-order valence-electron chi connectivity index (χ1n) is 10.4. The number of hydrogen-bond donors (Lipinski definition) is 2. The lowest BCUT2D eigenvalue weighted by molar-refractivity contribution is -0.137. The maximum absolute atomic E-state index is 12.8. The molecule has 1 aliphatic rings. The SMILES string of the molecule is CC(C)(C)OC(=O)NC1CCC(Nc2cc(Cl)ncc2-c2ccc(C(F)(F)F)cn2)CC1. The summed E-state index contributed by atoms with van der Waals surface area (Å²) in [6.45, 7) is 5.45. The molecule has 2 aromatic rings. The van der Waals surface area contributed by atoms with Gasteiger partial charge >= 0.3 is 12.3 Å². The number of pyridine rings is 2. The van der Waals surface area contributed by atoms with Gasteiger partial charge in [0.15, 0.2) is 0 Å². The van der Waals surface area contributed by atoms with Gasteiger partial charge in [-0.25, -0.2) is 9.78 Å². The number of nitrogens with zero attached hydrogens (tertiary/aromatic N) is 2. The predicted molar refractivity (Wildman–Crippen MR) is 117 cm³/mol. The fourth-order valence-corrected chi connectivity index (χ4v) is 3.71. The van der Waals surface area contributed by atoms with Crippen LogP contribution in [0.25, 0.3) is 11.3 Å². The molecule has 0 unspecified atom stereocenters. The molecule has 0 bridgehead atoms. The molecule has 0 saturated heterocycles. The third-order valence-corrected chi connectivity index (χ3v) is 5.25. The number of alkyl halides is 3. The van der Waals surface area contributed by atoms with Crippen molar-refractivity contribution in [2.24, 2.45) is 0 Å². The van der Waals surface area contributed by atoms with E-state index in [2.05, 4.69) is 20.6 Å². The van der Waals surface area contributed by atoms with Gasteiger partial charge in [-0.15, -0.1) is 0 Å². The summed E-state index contributed by atoms with van der Waals surface area (Å²) in [4.78, 5) is 20.0. The lowest BCUT2D eigenvalue weighted by Gasteiger charge is -2.31. The van der Waals surface area contributed by atoms with E-state index in [9.17, 15) is 18.0 Å². The largest absolute Gasteiger partial charge is 0.444 e. The van der Waals surface area contributed by atoms with Crippen LogP contribution in [0.4, 0.5) is 23.7 Å². The highest BCUT2D eigenvalue weighted by atomic mass is 35.5. The van der Waals surface area contributed by atoms with Gasteiger partial charge in [0, 0.05) is 35.7 Å². The fraction of sp³-hybridized carbons (Fsp3) is 0.500. The minimum atomic E-state index is -4.45. The number of anilines is 1. The molecule has 1 aliphatic carbocycles. The molecule has 1 fully saturated rings. The smallest absolute Gasteiger partial charge is 0.417 e. The second-order valence-corrected chi connectivity index (χ2v) is 9.21. The van der Waals surface area contributed by atoms with Crippen LogP contribution in [0.3, 0.4) is 0 Å². The summed E-state index contributed by atoms with van der Waals surface area (Å²) in [5.41, 5.74) is 0.225. The normalized spacial score (nSPS) is 19.3. The standard InChI is InChI=1S/C22H26ClF3N4O2/c1-21(2,3)32-20(31)30-15-7-5-14(6-8-15)29-18-10-19(23)28-12-16(18)17-9-4-13(11-27-17)22(24,25)26/h4,9-12,14-15H,5-8H2,1-3H3,(H,28,29)(H,30,31). The molecule has 10 heteroatoms. The number of amides is 1. The van der Waals surface area contributed by atoms with E-state index in [1.165, 1.54) is 12.3 Å². The molecule has 0 radical (unpaired) electrons. The number of rotatable bonds is 4. The summed E-state index contributed by atoms with van der Waals surface area (Å²) in [7, 11) is 0. The molecule has 174 valence electrons. The fourth-order valence-electron chi connectivity index (χ4n) is 3.55. The molecular weight excluding hydrogens is 445 g/mol. The molecule has 1 saturated carbocycles. The number of halogens is 4. The van der Waals surface area contributed by atoms with Gasteiger partial charge in [0.2, 0.25) is 0 Å². The van der Waals surface area contributed by atoms with Crippen molar-refractivity contribution in [3.63, 3.8) is 0 Å². The zero-order valence-electron chi connectivity index (χ0n) is 18.1. The van der Waals surface area contributed by atoms with Crippen LogP contribution >= 0.6 is 11.6 Å². The van der Waals surface area contributed by atoms with Crippen molar-refractivity contribution in [3.8, 4) is 11.3 Å². The van der Waals surface area contributed by atoms with Gasteiger partial charge < -0.3 is 15.4 Å². The molecule has 0 spiro atoms. The van der Waals surface area contributed by atoms with Crippen molar-refractivity contribution >= 4 is 23.4 Å². The average Bonchev–Trinajstić information content (AvgIpc) is 2.68. The van der Waals surface area contributed by atoms with Crippen LogP contribution in [0.5, 0.6) is 0 Å². The second-order valence-electron chi connectivity index (χ2n) is 8.82. The number of carbonyl (C=O) groups is 1. The van der Waals surface area contributed by atoms with Gasteiger partial charge in [-0.05, 0) is 64.7 Å². The number of hydrogen-bond acceptors (Lipinski definition) is 5. The van der Waals surface area contributed by atoms with Gasteiger partial charge in [0.1, 0.15) is 10.8 Å². The van der Waals surface area contributed by atoms with Crippen LogP contribution in [0.2, 0.25) is 5.15 Å². The molecule has 2 N–H and O–H groups in total. The molecule has 0 aromatic carbocycles. The van der Waals surface area contributed by atoms with E-state index in [-0.39, 0.29) is 17.2 Å². The molecule has 1 amide bonds. The maximum atomic E-state index is 12.8. The summed E-state index contributed by atoms with van der Waals surface area (Å²) >= 11 is 6.06. The van der Waals surface area contributed by atoms with Crippen LogP contribution in [0.1, 0.15) is 52.0 Å². The molecule has 6 nitrogen and oxygen atoms in total. The van der Waals surface area contributed by atoms with Gasteiger partial charge in [0.05, 0.1) is 11.3 Å². The van der Waals surface area contributed by atoms with E-state index >= 15 is 0 Å². The van der Waals surface area contributed by atoms with E-state index in [4.69, 9.17) is 16.3 Å². The van der Waals surface area contributed by atoms with E-state index in [1.54, 1.807) is 6.07 Å². The van der Waals surface area contributed by atoms with E-state index in [0.29, 0.717) is 16.9 Å². The maximum Gasteiger partial charge on any atom is 0.417 e. The van der Waals surface area contributed by atoms with Crippen molar-refractivity contribution in [1.29, 1.82) is 0 Å². The van der Waals surface area contributed by atoms with Gasteiger partial charge in [0.25, 0.3) is 0 Å². The molecular formula is C22H26ClF3N4O2. The zero-order valence-corrected chi connectivity index (χ0v) is 18.8. The Labute approximate surface area is 189 Å². The third kappa shape index (κ3) is 6.72. The molecule has 0 atom stereocenters. The molecule has 0 aliphatic heterocycles. The van der Waals surface area contributed by atoms with Gasteiger partial charge in [-0.2, -0.15) is 13.2 Å². The molecule has 2 aromatic heterocycles. The minimum Gasteiger partial charge on any atom is -0.444 e. The Morgan fingerprint density at radius 1 is 1.06 bits per heavy atom. The number of alkyl carbamates (subject to hydrolysis) is 1. The highest BCUT2D eigenvalue weighted by Gasteiger charge is 2.31. The quantitative estimate of drug-likeness (QED) is 0.531. The predicted octanol–water partition coefficient (Wildman–Crippen LogP) is 6.06. The lowest BCUT2D eigenvalue weighted by atomic mass is 9.91. The van der Waals surface area contributed by atoms with E-state index in [0.717, 1.165) is 37.9 Å². The number of aromatic nitrogens is 2. The minimum absolute atomic E-state index is 0.0278. The topological polar surface area (TPSA) is 76.1 Å². The monoisotopic (exact) mass is 470 g/mol. The molecule has 32 heavy (non-hydrogen) atoms.